The van der Waals surface area contributed by atoms with Crippen molar-refractivity contribution in [3.8, 4) is 0 Å². The van der Waals surface area contributed by atoms with Crippen LogP contribution in [0.5, 0.6) is 0 Å². The fraction of sp³-hybridized carbons (Fsp3) is 0.267. The average Bonchev–Trinajstić information content (AvgIpc) is 2.58. The van der Waals surface area contributed by atoms with Crippen LogP contribution < -0.4 is 16.4 Å². The van der Waals surface area contributed by atoms with Crippen molar-refractivity contribution in [2.75, 3.05) is 37.2 Å². The average molecular weight is 298 g/mol. The van der Waals surface area contributed by atoms with Gasteiger partial charge in [0.05, 0.1) is 18.1 Å². The minimum absolute atomic E-state index is 0.0665. The molecule has 2 heterocycles. The van der Waals surface area contributed by atoms with E-state index in [1.807, 2.05) is 29.2 Å². The molecule has 1 saturated heterocycles. The summed E-state index contributed by atoms with van der Waals surface area (Å²) in [6, 6.07) is 7.30. The van der Waals surface area contributed by atoms with E-state index in [0.717, 1.165) is 31.9 Å². The van der Waals surface area contributed by atoms with E-state index < -0.39 is 0 Å². The summed E-state index contributed by atoms with van der Waals surface area (Å²) in [7, 11) is 0. The number of aromatic nitrogens is 2. The minimum atomic E-state index is 0.0665. The van der Waals surface area contributed by atoms with E-state index in [-0.39, 0.29) is 5.91 Å². The van der Waals surface area contributed by atoms with E-state index >= 15 is 0 Å². The maximum Gasteiger partial charge on any atom is 0.253 e. The number of nitrogen functional groups attached to an aromatic ring is 1. The van der Waals surface area contributed by atoms with Crippen LogP contribution in [0.3, 0.4) is 0 Å². The molecule has 1 fully saturated rings. The highest BCUT2D eigenvalue weighted by molar-refractivity contribution is 5.94. The van der Waals surface area contributed by atoms with Gasteiger partial charge in [0.25, 0.3) is 5.91 Å². The summed E-state index contributed by atoms with van der Waals surface area (Å²) < 4.78 is 0. The van der Waals surface area contributed by atoms with Gasteiger partial charge in [-0.15, -0.1) is 0 Å². The maximum absolute atomic E-state index is 12.3. The second-order valence-electron chi connectivity index (χ2n) is 5.08. The number of nitrogens with zero attached hydrogens (tertiary/aromatic N) is 3. The topological polar surface area (TPSA) is 96.2 Å². The van der Waals surface area contributed by atoms with Crippen LogP contribution in [0.2, 0.25) is 0 Å². The number of nitrogens with one attached hydrogen (secondary N) is 2. The number of benzene rings is 1. The molecule has 0 spiro atoms. The van der Waals surface area contributed by atoms with Gasteiger partial charge in [-0.05, 0) is 24.3 Å². The molecule has 7 heteroatoms. The van der Waals surface area contributed by atoms with E-state index in [1.54, 1.807) is 0 Å². The molecule has 1 aliphatic heterocycles. The van der Waals surface area contributed by atoms with Crippen molar-refractivity contribution in [2.24, 2.45) is 0 Å². The zero-order valence-electron chi connectivity index (χ0n) is 12.1. The Kier molecular flexibility index (Phi) is 4.15. The first-order valence-electron chi connectivity index (χ1n) is 7.17. The Bertz CT molecular complexity index is 634. The molecule has 0 bridgehead atoms. The number of carbonyl (C=O) groups is 1. The van der Waals surface area contributed by atoms with Crippen LogP contribution in [0.4, 0.5) is 17.3 Å². The number of amides is 1. The first-order valence-corrected chi connectivity index (χ1v) is 7.17. The Morgan fingerprint density at radius 1 is 1.14 bits per heavy atom. The molecule has 3 rings (SSSR count). The lowest BCUT2D eigenvalue weighted by molar-refractivity contribution is 0.0736. The van der Waals surface area contributed by atoms with Gasteiger partial charge in [0, 0.05) is 37.4 Å². The standard InChI is InChI=1S/C15H18N6O/c16-12-9-18-15(19-10-12)20-13-3-1-11(2-4-13)14(22)21-7-5-17-6-8-21/h1-4,9-10,17H,5-8,16H2,(H,18,19,20). The highest BCUT2D eigenvalue weighted by Gasteiger charge is 2.17. The van der Waals surface area contributed by atoms with E-state index in [1.165, 1.54) is 12.4 Å². The third-order valence-electron chi connectivity index (χ3n) is 3.46. The van der Waals surface area contributed by atoms with Gasteiger partial charge in [-0.1, -0.05) is 0 Å². The van der Waals surface area contributed by atoms with Crippen molar-refractivity contribution in [3.05, 3.63) is 42.2 Å². The van der Waals surface area contributed by atoms with E-state index in [0.29, 0.717) is 17.2 Å². The van der Waals surface area contributed by atoms with E-state index in [2.05, 4.69) is 20.6 Å². The highest BCUT2D eigenvalue weighted by atomic mass is 16.2. The van der Waals surface area contributed by atoms with Gasteiger partial charge in [0.1, 0.15) is 0 Å². The number of rotatable bonds is 3. The van der Waals surface area contributed by atoms with Crippen LogP contribution in [0.25, 0.3) is 0 Å². The summed E-state index contributed by atoms with van der Waals surface area (Å²) in [4.78, 5) is 22.4. The third-order valence-corrected chi connectivity index (χ3v) is 3.46. The lowest BCUT2D eigenvalue weighted by Crippen LogP contribution is -2.46. The summed E-state index contributed by atoms with van der Waals surface area (Å²) in [5, 5.41) is 6.30. The predicted octanol–water partition coefficient (Wildman–Crippen LogP) is 0.848. The summed E-state index contributed by atoms with van der Waals surface area (Å²) >= 11 is 0. The van der Waals surface area contributed by atoms with Gasteiger partial charge in [-0.3, -0.25) is 4.79 Å². The summed E-state index contributed by atoms with van der Waals surface area (Å²) in [5.74, 6) is 0.534. The van der Waals surface area contributed by atoms with Gasteiger partial charge >= 0.3 is 0 Å². The molecule has 0 atom stereocenters. The molecule has 114 valence electrons. The quantitative estimate of drug-likeness (QED) is 0.777. The normalized spacial score (nSPS) is 14.6. The predicted molar refractivity (Wildman–Crippen MR) is 84.9 cm³/mol. The Labute approximate surface area is 128 Å². The zero-order chi connectivity index (χ0) is 15.4. The van der Waals surface area contributed by atoms with Gasteiger partial charge < -0.3 is 21.3 Å². The van der Waals surface area contributed by atoms with Crippen LogP contribution in [-0.4, -0.2) is 47.0 Å². The first-order chi connectivity index (χ1) is 10.7. The van der Waals surface area contributed by atoms with Crippen molar-refractivity contribution >= 4 is 23.2 Å². The maximum atomic E-state index is 12.3. The molecule has 0 aliphatic carbocycles. The molecule has 1 aliphatic rings. The van der Waals surface area contributed by atoms with Crippen molar-refractivity contribution in [3.63, 3.8) is 0 Å². The monoisotopic (exact) mass is 298 g/mol. The molecule has 7 nitrogen and oxygen atoms in total. The molecule has 0 radical (unpaired) electrons. The highest BCUT2D eigenvalue weighted by Crippen LogP contribution is 2.15. The number of carbonyl (C=O) groups excluding carboxylic acids is 1. The Morgan fingerprint density at radius 3 is 2.41 bits per heavy atom. The van der Waals surface area contributed by atoms with Gasteiger partial charge in [-0.2, -0.15) is 0 Å². The second-order valence-corrected chi connectivity index (χ2v) is 5.08. The number of piperazine rings is 1. The summed E-state index contributed by atoms with van der Waals surface area (Å²) in [6.45, 7) is 3.19. The molecular formula is C15H18N6O. The van der Waals surface area contributed by atoms with Crippen molar-refractivity contribution in [1.82, 2.24) is 20.2 Å². The molecule has 1 aromatic carbocycles. The van der Waals surface area contributed by atoms with Gasteiger partial charge in [-0.25, -0.2) is 9.97 Å². The Morgan fingerprint density at radius 2 is 1.77 bits per heavy atom. The third kappa shape index (κ3) is 3.32. The number of nitrogens with two attached hydrogens (primary N) is 1. The second kappa shape index (κ2) is 6.40. The van der Waals surface area contributed by atoms with Crippen LogP contribution in [-0.2, 0) is 0 Å². The molecule has 2 aromatic rings. The number of hydrogen-bond acceptors (Lipinski definition) is 6. The molecule has 0 unspecified atom stereocenters. The smallest absolute Gasteiger partial charge is 0.253 e. The lowest BCUT2D eigenvalue weighted by Gasteiger charge is -2.27. The van der Waals surface area contributed by atoms with Gasteiger partial charge in [0.2, 0.25) is 5.95 Å². The summed E-state index contributed by atoms with van der Waals surface area (Å²) in [5.41, 5.74) is 7.57. The first kappa shape index (κ1) is 14.3. The van der Waals surface area contributed by atoms with Crippen molar-refractivity contribution < 1.29 is 4.79 Å². The number of hydrogen-bond donors (Lipinski definition) is 3. The fourth-order valence-electron chi connectivity index (χ4n) is 2.28. The van der Waals surface area contributed by atoms with Crippen LogP contribution in [0, 0.1) is 0 Å². The largest absolute Gasteiger partial charge is 0.396 e. The molecule has 0 saturated carbocycles. The van der Waals surface area contributed by atoms with Crippen LogP contribution >= 0.6 is 0 Å². The fourth-order valence-corrected chi connectivity index (χ4v) is 2.28. The van der Waals surface area contributed by atoms with Crippen LogP contribution in [0.1, 0.15) is 10.4 Å². The molecule has 1 amide bonds. The van der Waals surface area contributed by atoms with Crippen molar-refractivity contribution in [1.29, 1.82) is 0 Å². The van der Waals surface area contributed by atoms with E-state index in [4.69, 9.17) is 5.73 Å². The Balaban J connectivity index is 1.66. The SMILES string of the molecule is Nc1cnc(Nc2ccc(C(=O)N3CCNCC3)cc2)nc1. The van der Waals surface area contributed by atoms with Gasteiger partial charge in [0.15, 0.2) is 0 Å². The number of anilines is 3. The van der Waals surface area contributed by atoms with Crippen LogP contribution in [0.15, 0.2) is 36.7 Å². The molecule has 22 heavy (non-hydrogen) atoms. The molecule has 4 N–H and O–H groups in total. The molecule has 1 aromatic heterocycles. The van der Waals surface area contributed by atoms with E-state index in [9.17, 15) is 4.79 Å². The van der Waals surface area contributed by atoms with Crippen molar-refractivity contribution in [2.45, 2.75) is 0 Å². The lowest BCUT2D eigenvalue weighted by atomic mass is 10.1. The summed E-state index contributed by atoms with van der Waals surface area (Å²) in [6.07, 6.45) is 3.08. The Hall–Kier alpha value is -2.67. The minimum Gasteiger partial charge on any atom is -0.396 e. The zero-order valence-corrected chi connectivity index (χ0v) is 12.1. The molecular weight excluding hydrogens is 280 g/mol.